The van der Waals surface area contributed by atoms with E-state index in [4.69, 9.17) is 17.3 Å². The number of nitrogens with two attached hydrogens (primary N) is 1. The maximum atomic E-state index is 12.2. The molecule has 1 saturated carbocycles. The number of hydrogen-bond acceptors (Lipinski definition) is 5. The Bertz CT molecular complexity index is 537. The third-order valence-corrected chi connectivity index (χ3v) is 3.86. The van der Waals surface area contributed by atoms with Crippen LogP contribution >= 0.6 is 11.6 Å². The van der Waals surface area contributed by atoms with Crippen LogP contribution in [0.15, 0.2) is 12.3 Å². The molecule has 1 fully saturated rings. The highest BCUT2D eigenvalue weighted by atomic mass is 35.5. The minimum absolute atomic E-state index is 0.0113. The summed E-state index contributed by atoms with van der Waals surface area (Å²) in [6.45, 7) is 0.506. The lowest BCUT2D eigenvalue weighted by molar-refractivity contribution is -0.385. The Kier molecular flexibility index (Phi) is 4.51. The molecule has 0 bridgehead atoms. The summed E-state index contributed by atoms with van der Waals surface area (Å²) in [4.78, 5) is 25.9. The van der Waals surface area contributed by atoms with Crippen LogP contribution in [0.4, 0.5) is 5.69 Å². The summed E-state index contributed by atoms with van der Waals surface area (Å²) < 4.78 is 0. The second kappa shape index (κ2) is 6.15. The molecule has 2 unspecified atom stereocenters. The van der Waals surface area contributed by atoms with Gasteiger partial charge in [-0.1, -0.05) is 18.0 Å². The van der Waals surface area contributed by atoms with E-state index in [0.717, 1.165) is 31.5 Å². The van der Waals surface area contributed by atoms with E-state index in [0.29, 0.717) is 6.54 Å². The predicted octanol–water partition coefficient (Wildman–Crippen LogP) is 1.50. The number of carbonyl (C=O) groups excluding carboxylic acids is 1. The van der Waals surface area contributed by atoms with Gasteiger partial charge in [0.1, 0.15) is 11.3 Å². The first kappa shape index (κ1) is 14.7. The quantitative estimate of drug-likeness (QED) is 0.497. The number of nitro groups is 1. The van der Waals surface area contributed by atoms with Crippen LogP contribution in [0.1, 0.15) is 29.6 Å². The average molecular weight is 299 g/mol. The van der Waals surface area contributed by atoms with E-state index < -0.39 is 10.8 Å². The zero-order valence-electron chi connectivity index (χ0n) is 10.7. The number of aromatic nitrogens is 1. The third kappa shape index (κ3) is 3.05. The Morgan fingerprint density at radius 3 is 3.00 bits per heavy atom. The standard InChI is InChI=1S/C12H15ClN4O3/c13-11-9(4-8(6-15-11)17(19)20)12(18)16-10-3-1-2-7(10)5-14/h4,6-7,10H,1-3,5,14H2,(H,16,18). The summed E-state index contributed by atoms with van der Waals surface area (Å²) in [5.74, 6) is -0.207. The Morgan fingerprint density at radius 1 is 1.60 bits per heavy atom. The van der Waals surface area contributed by atoms with Gasteiger partial charge in [-0.3, -0.25) is 14.9 Å². The van der Waals surface area contributed by atoms with Crippen molar-refractivity contribution in [3.63, 3.8) is 0 Å². The van der Waals surface area contributed by atoms with Crippen molar-refractivity contribution in [3.05, 3.63) is 33.1 Å². The topological polar surface area (TPSA) is 111 Å². The molecule has 2 atom stereocenters. The second-order valence-electron chi connectivity index (χ2n) is 4.80. The lowest BCUT2D eigenvalue weighted by atomic mass is 10.0. The molecule has 1 aliphatic rings. The number of rotatable bonds is 4. The second-order valence-corrected chi connectivity index (χ2v) is 5.15. The average Bonchev–Trinajstić information content (AvgIpc) is 2.86. The van der Waals surface area contributed by atoms with Crippen LogP contribution in [0.5, 0.6) is 0 Å². The van der Waals surface area contributed by atoms with E-state index in [1.54, 1.807) is 0 Å². The Labute approximate surface area is 120 Å². The van der Waals surface area contributed by atoms with Crippen LogP contribution in [0, 0.1) is 16.0 Å². The van der Waals surface area contributed by atoms with Crippen molar-refractivity contribution in [2.24, 2.45) is 11.7 Å². The van der Waals surface area contributed by atoms with Crippen LogP contribution in [0.3, 0.4) is 0 Å². The molecule has 0 saturated heterocycles. The van der Waals surface area contributed by atoms with Crippen LogP contribution in [0.2, 0.25) is 5.15 Å². The zero-order valence-corrected chi connectivity index (χ0v) is 11.5. The first-order valence-corrected chi connectivity index (χ1v) is 6.71. The maximum absolute atomic E-state index is 12.2. The number of halogens is 1. The molecule has 0 spiro atoms. The molecule has 108 valence electrons. The van der Waals surface area contributed by atoms with E-state index in [-0.39, 0.29) is 28.4 Å². The monoisotopic (exact) mass is 298 g/mol. The molecule has 0 aliphatic heterocycles. The summed E-state index contributed by atoms with van der Waals surface area (Å²) in [6, 6.07) is 1.12. The van der Waals surface area contributed by atoms with Gasteiger partial charge in [-0.2, -0.15) is 0 Å². The SMILES string of the molecule is NCC1CCCC1NC(=O)c1cc([N+](=O)[O-])cnc1Cl. The molecule has 8 heteroatoms. The van der Waals surface area contributed by atoms with Gasteiger partial charge in [-0.05, 0) is 25.3 Å². The van der Waals surface area contributed by atoms with Gasteiger partial charge in [-0.25, -0.2) is 4.98 Å². The van der Waals surface area contributed by atoms with Crippen molar-refractivity contribution in [1.82, 2.24) is 10.3 Å². The van der Waals surface area contributed by atoms with Crippen molar-refractivity contribution < 1.29 is 9.72 Å². The summed E-state index contributed by atoms with van der Waals surface area (Å²) in [6.07, 6.45) is 3.86. The van der Waals surface area contributed by atoms with Crippen LogP contribution in [-0.4, -0.2) is 28.4 Å². The molecule has 20 heavy (non-hydrogen) atoms. The molecular formula is C12H15ClN4O3. The van der Waals surface area contributed by atoms with Crippen molar-refractivity contribution in [2.45, 2.75) is 25.3 Å². The fraction of sp³-hybridized carbons (Fsp3) is 0.500. The van der Waals surface area contributed by atoms with Gasteiger partial charge in [-0.15, -0.1) is 0 Å². The molecule has 1 aromatic heterocycles. The van der Waals surface area contributed by atoms with E-state index in [9.17, 15) is 14.9 Å². The Morgan fingerprint density at radius 2 is 2.35 bits per heavy atom. The fourth-order valence-corrected chi connectivity index (χ4v) is 2.64. The number of carbonyl (C=O) groups is 1. The third-order valence-electron chi connectivity index (χ3n) is 3.56. The molecule has 7 nitrogen and oxygen atoms in total. The van der Waals surface area contributed by atoms with Crippen molar-refractivity contribution >= 4 is 23.2 Å². The minimum atomic E-state index is -0.613. The number of nitrogens with zero attached hydrogens (tertiary/aromatic N) is 2. The van der Waals surface area contributed by atoms with Gasteiger partial charge in [0, 0.05) is 12.1 Å². The molecular weight excluding hydrogens is 284 g/mol. The van der Waals surface area contributed by atoms with E-state index in [1.807, 2.05) is 0 Å². The maximum Gasteiger partial charge on any atom is 0.288 e. The molecule has 2 rings (SSSR count). The van der Waals surface area contributed by atoms with E-state index in [2.05, 4.69) is 10.3 Å². The van der Waals surface area contributed by atoms with E-state index in [1.165, 1.54) is 0 Å². The summed E-state index contributed by atoms with van der Waals surface area (Å²) in [7, 11) is 0. The van der Waals surface area contributed by atoms with Crippen LogP contribution in [0.25, 0.3) is 0 Å². The minimum Gasteiger partial charge on any atom is -0.349 e. The normalized spacial score (nSPS) is 21.7. The largest absolute Gasteiger partial charge is 0.349 e. The number of amides is 1. The lowest BCUT2D eigenvalue weighted by Crippen LogP contribution is -2.40. The first-order chi connectivity index (χ1) is 9.52. The lowest BCUT2D eigenvalue weighted by Gasteiger charge is -2.19. The van der Waals surface area contributed by atoms with E-state index >= 15 is 0 Å². The van der Waals surface area contributed by atoms with Gasteiger partial charge in [0.05, 0.1) is 10.5 Å². The Balaban J connectivity index is 2.16. The molecule has 1 aliphatic carbocycles. The number of nitrogens with one attached hydrogen (secondary N) is 1. The van der Waals surface area contributed by atoms with Gasteiger partial charge in [0.25, 0.3) is 11.6 Å². The summed E-state index contributed by atoms with van der Waals surface area (Å²) >= 11 is 5.83. The van der Waals surface area contributed by atoms with Gasteiger partial charge >= 0.3 is 0 Å². The van der Waals surface area contributed by atoms with Crippen molar-refractivity contribution in [3.8, 4) is 0 Å². The van der Waals surface area contributed by atoms with Crippen LogP contribution in [-0.2, 0) is 0 Å². The molecule has 0 aromatic carbocycles. The van der Waals surface area contributed by atoms with Gasteiger partial charge in [0.2, 0.25) is 0 Å². The predicted molar refractivity (Wildman–Crippen MR) is 73.6 cm³/mol. The molecule has 0 radical (unpaired) electrons. The highest BCUT2D eigenvalue weighted by molar-refractivity contribution is 6.32. The Hall–Kier alpha value is -1.73. The molecule has 1 amide bonds. The molecule has 3 N–H and O–H groups in total. The first-order valence-electron chi connectivity index (χ1n) is 6.33. The summed E-state index contributed by atoms with van der Waals surface area (Å²) in [5.41, 5.74) is 5.41. The number of hydrogen-bond donors (Lipinski definition) is 2. The number of pyridine rings is 1. The smallest absolute Gasteiger partial charge is 0.288 e. The highest BCUT2D eigenvalue weighted by Gasteiger charge is 2.28. The molecule has 1 aromatic rings. The van der Waals surface area contributed by atoms with Crippen LogP contribution < -0.4 is 11.1 Å². The van der Waals surface area contributed by atoms with Crippen molar-refractivity contribution in [1.29, 1.82) is 0 Å². The highest BCUT2D eigenvalue weighted by Crippen LogP contribution is 2.26. The zero-order chi connectivity index (χ0) is 14.7. The molecule has 1 heterocycles. The van der Waals surface area contributed by atoms with Gasteiger partial charge < -0.3 is 11.1 Å². The van der Waals surface area contributed by atoms with Crippen molar-refractivity contribution in [2.75, 3.05) is 6.54 Å². The van der Waals surface area contributed by atoms with Gasteiger partial charge in [0.15, 0.2) is 0 Å². The summed E-state index contributed by atoms with van der Waals surface area (Å²) in [5, 5.41) is 13.5. The fourth-order valence-electron chi connectivity index (χ4n) is 2.45.